The number of carbonyl (C=O) groups excluding carboxylic acids is 1. The highest BCUT2D eigenvalue weighted by Crippen LogP contribution is 2.27. The second-order valence-electron chi connectivity index (χ2n) is 6.68. The molecule has 1 fully saturated rings. The van der Waals surface area contributed by atoms with Crippen LogP contribution in [0.2, 0.25) is 0 Å². The monoisotopic (exact) mass is 303 g/mol. The van der Waals surface area contributed by atoms with Crippen molar-refractivity contribution < 1.29 is 4.79 Å². The largest absolute Gasteiger partial charge is 0.324 e. The highest BCUT2D eigenvalue weighted by atomic mass is 16.2. The molecule has 1 aromatic carbocycles. The number of nitrogens with zero attached hydrogens (tertiary/aromatic N) is 1. The SMILES string of the molecule is CNC1(C(=O)Nc2c(C)cccc2C)CCN(C(C)C)CC1. The van der Waals surface area contributed by atoms with Gasteiger partial charge in [-0.15, -0.1) is 0 Å². The summed E-state index contributed by atoms with van der Waals surface area (Å²) in [6.07, 6.45) is 1.69. The molecule has 0 unspecified atom stereocenters. The van der Waals surface area contributed by atoms with Gasteiger partial charge in [0, 0.05) is 24.8 Å². The van der Waals surface area contributed by atoms with E-state index in [4.69, 9.17) is 0 Å². The average molecular weight is 303 g/mol. The maximum absolute atomic E-state index is 12.9. The summed E-state index contributed by atoms with van der Waals surface area (Å²) in [6, 6.07) is 6.64. The molecule has 0 atom stereocenters. The number of hydrogen-bond donors (Lipinski definition) is 2. The summed E-state index contributed by atoms with van der Waals surface area (Å²) in [5.41, 5.74) is 2.71. The number of para-hydroxylation sites is 1. The van der Waals surface area contributed by atoms with Gasteiger partial charge in [0.1, 0.15) is 5.54 Å². The van der Waals surface area contributed by atoms with E-state index < -0.39 is 5.54 Å². The van der Waals surface area contributed by atoms with Crippen LogP contribution < -0.4 is 10.6 Å². The van der Waals surface area contributed by atoms with Crippen molar-refractivity contribution in [2.45, 2.75) is 52.1 Å². The Labute approximate surface area is 134 Å². The lowest BCUT2D eigenvalue weighted by Gasteiger charge is -2.42. The molecule has 122 valence electrons. The maximum atomic E-state index is 12.9. The molecule has 22 heavy (non-hydrogen) atoms. The minimum absolute atomic E-state index is 0.0933. The van der Waals surface area contributed by atoms with Crippen LogP contribution in [0.4, 0.5) is 5.69 Å². The molecule has 1 amide bonds. The number of anilines is 1. The number of rotatable bonds is 4. The number of benzene rings is 1. The Morgan fingerprint density at radius 2 is 1.73 bits per heavy atom. The molecule has 0 aromatic heterocycles. The van der Waals surface area contributed by atoms with Crippen molar-refractivity contribution in [2.75, 3.05) is 25.5 Å². The maximum Gasteiger partial charge on any atom is 0.244 e. The lowest BCUT2D eigenvalue weighted by atomic mass is 9.86. The van der Waals surface area contributed by atoms with Crippen LogP contribution in [0.1, 0.15) is 37.8 Å². The van der Waals surface area contributed by atoms with E-state index in [1.807, 2.05) is 39.1 Å². The van der Waals surface area contributed by atoms with Crippen molar-refractivity contribution in [3.63, 3.8) is 0 Å². The second kappa shape index (κ2) is 6.80. The first-order chi connectivity index (χ1) is 10.4. The van der Waals surface area contributed by atoms with E-state index in [9.17, 15) is 4.79 Å². The molecule has 2 N–H and O–H groups in total. The predicted octanol–water partition coefficient (Wildman–Crippen LogP) is 2.70. The minimum atomic E-state index is -0.458. The Morgan fingerprint density at radius 3 is 2.18 bits per heavy atom. The van der Waals surface area contributed by atoms with Gasteiger partial charge in [0.2, 0.25) is 5.91 Å². The smallest absolute Gasteiger partial charge is 0.244 e. The van der Waals surface area contributed by atoms with Crippen LogP contribution in [0.3, 0.4) is 0 Å². The second-order valence-corrected chi connectivity index (χ2v) is 6.68. The summed E-state index contributed by atoms with van der Waals surface area (Å²) in [5, 5.41) is 6.46. The Bertz CT molecular complexity index is 511. The summed E-state index contributed by atoms with van der Waals surface area (Å²) in [5.74, 6) is 0.0933. The Balaban J connectivity index is 2.13. The van der Waals surface area contributed by atoms with Gasteiger partial charge in [-0.05, 0) is 58.7 Å². The number of piperidine rings is 1. The van der Waals surface area contributed by atoms with Gasteiger partial charge in [-0.3, -0.25) is 4.79 Å². The molecule has 0 bridgehead atoms. The molecule has 4 nitrogen and oxygen atoms in total. The van der Waals surface area contributed by atoms with Crippen molar-refractivity contribution in [1.29, 1.82) is 0 Å². The zero-order valence-corrected chi connectivity index (χ0v) is 14.5. The molecule has 0 saturated carbocycles. The van der Waals surface area contributed by atoms with Crippen molar-refractivity contribution in [2.24, 2.45) is 0 Å². The normalized spacial score (nSPS) is 18.5. The van der Waals surface area contributed by atoms with Crippen molar-refractivity contribution >= 4 is 11.6 Å². The van der Waals surface area contributed by atoms with E-state index >= 15 is 0 Å². The number of likely N-dealkylation sites (N-methyl/N-ethyl adjacent to an activating group) is 1. The van der Waals surface area contributed by atoms with Crippen LogP contribution in [0, 0.1) is 13.8 Å². The highest BCUT2D eigenvalue weighted by Gasteiger charge is 2.40. The van der Waals surface area contributed by atoms with Gasteiger partial charge in [-0.1, -0.05) is 18.2 Å². The topological polar surface area (TPSA) is 44.4 Å². The molecule has 1 heterocycles. The first kappa shape index (κ1) is 17.0. The number of carbonyl (C=O) groups is 1. The molecule has 0 radical (unpaired) electrons. The Hall–Kier alpha value is -1.39. The van der Waals surface area contributed by atoms with E-state index in [1.54, 1.807) is 0 Å². The first-order valence-corrected chi connectivity index (χ1v) is 8.20. The van der Waals surface area contributed by atoms with Gasteiger partial charge in [-0.25, -0.2) is 0 Å². The number of hydrogen-bond acceptors (Lipinski definition) is 3. The Morgan fingerprint density at radius 1 is 1.18 bits per heavy atom. The predicted molar refractivity (Wildman–Crippen MR) is 92.3 cm³/mol. The molecule has 2 rings (SSSR count). The molecule has 1 aliphatic rings. The fourth-order valence-electron chi connectivity index (χ4n) is 3.26. The number of aryl methyl sites for hydroxylation is 2. The van der Waals surface area contributed by atoms with Crippen LogP contribution in [-0.2, 0) is 4.79 Å². The Kier molecular flexibility index (Phi) is 5.24. The summed E-state index contributed by atoms with van der Waals surface area (Å²) in [4.78, 5) is 15.3. The molecular weight excluding hydrogens is 274 g/mol. The van der Waals surface area contributed by atoms with Gasteiger partial charge in [0.05, 0.1) is 0 Å². The van der Waals surface area contributed by atoms with E-state index in [-0.39, 0.29) is 5.91 Å². The van der Waals surface area contributed by atoms with Crippen LogP contribution in [-0.4, -0.2) is 42.5 Å². The lowest BCUT2D eigenvalue weighted by Crippen LogP contribution is -2.59. The molecule has 0 spiro atoms. The summed E-state index contributed by atoms with van der Waals surface area (Å²) in [6.45, 7) is 10.4. The molecule has 4 heteroatoms. The van der Waals surface area contributed by atoms with Crippen molar-refractivity contribution in [3.05, 3.63) is 29.3 Å². The molecule has 1 aromatic rings. The van der Waals surface area contributed by atoms with Crippen LogP contribution in [0.15, 0.2) is 18.2 Å². The van der Waals surface area contributed by atoms with Crippen LogP contribution in [0.5, 0.6) is 0 Å². The summed E-state index contributed by atoms with van der Waals surface area (Å²) in [7, 11) is 1.90. The third-order valence-corrected chi connectivity index (χ3v) is 5.01. The number of likely N-dealkylation sites (tertiary alicyclic amines) is 1. The standard InChI is InChI=1S/C18H29N3O/c1-13(2)21-11-9-18(19-5,10-12-21)17(22)20-16-14(3)7-6-8-15(16)4/h6-8,13,19H,9-12H2,1-5H3,(H,20,22). The van der Waals surface area contributed by atoms with E-state index in [2.05, 4.69) is 29.4 Å². The van der Waals surface area contributed by atoms with E-state index in [1.165, 1.54) is 0 Å². The number of amides is 1. The van der Waals surface area contributed by atoms with E-state index in [0.717, 1.165) is 42.7 Å². The first-order valence-electron chi connectivity index (χ1n) is 8.20. The summed E-state index contributed by atoms with van der Waals surface area (Å²) >= 11 is 0. The van der Waals surface area contributed by atoms with Gasteiger partial charge >= 0.3 is 0 Å². The molecular formula is C18H29N3O. The van der Waals surface area contributed by atoms with Crippen molar-refractivity contribution in [3.8, 4) is 0 Å². The quantitative estimate of drug-likeness (QED) is 0.899. The summed E-state index contributed by atoms with van der Waals surface area (Å²) < 4.78 is 0. The van der Waals surface area contributed by atoms with Gasteiger partial charge < -0.3 is 15.5 Å². The molecule has 0 aliphatic carbocycles. The number of nitrogens with one attached hydrogen (secondary N) is 2. The van der Waals surface area contributed by atoms with Gasteiger partial charge in [0.25, 0.3) is 0 Å². The van der Waals surface area contributed by atoms with Crippen LogP contribution in [0.25, 0.3) is 0 Å². The lowest BCUT2D eigenvalue weighted by molar-refractivity contribution is -0.124. The fourth-order valence-corrected chi connectivity index (χ4v) is 3.26. The van der Waals surface area contributed by atoms with Crippen molar-refractivity contribution in [1.82, 2.24) is 10.2 Å². The van der Waals surface area contributed by atoms with E-state index in [0.29, 0.717) is 6.04 Å². The molecule has 1 saturated heterocycles. The zero-order chi connectivity index (χ0) is 16.3. The zero-order valence-electron chi connectivity index (χ0n) is 14.5. The third kappa shape index (κ3) is 3.33. The van der Waals surface area contributed by atoms with Gasteiger partial charge in [0.15, 0.2) is 0 Å². The third-order valence-electron chi connectivity index (χ3n) is 5.01. The van der Waals surface area contributed by atoms with Gasteiger partial charge in [-0.2, -0.15) is 0 Å². The fraction of sp³-hybridized carbons (Fsp3) is 0.611. The van der Waals surface area contributed by atoms with Crippen LogP contribution >= 0.6 is 0 Å². The highest BCUT2D eigenvalue weighted by molar-refractivity contribution is 5.99. The molecule has 1 aliphatic heterocycles. The average Bonchev–Trinajstić information content (AvgIpc) is 2.50. The minimum Gasteiger partial charge on any atom is -0.324 e.